The third-order valence-corrected chi connectivity index (χ3v) is 3.33. The molecular weight excluding hydrogens is 176 g/mol. The van der Waals surface area contributed by atoms with E-state index in [1.54, 1.807) is 0 Å². The quantitative estimate of drug-likeness (QED) is 0.663. The maximum absolute atomic E-state index is 11.0. The smallest absolute Gasteiger partial charge is 0.130 e. The van der Waals surface area contributed by atoms with Crippen molar-refractivity contribution in [1.29, 1.82) is 0 Å². The molecule has 0 atom stereocenters. The molecule has 3 rings (SSSR count). The minimum Gasteiger partial charge on any atom is -0.372 e. The van der Waals surface area contributed by atoms with Crippen molar-refractivity contribution in [2.75, 3.05) is 0 Å². The van der Waals surface area contributed by atoms with Gasteiger partial charge in [-0.15, -0.1) is 0 Å². The Morgan fingerprint density at radius 2 is 2.14 bits per heavy atom. The standard InChI is InChI=1S/C12H12O2/c13-8-12(4-5-12)11-3-1-2-9-6-14-7-10(9)11/h1-3,8H,4-7H2. The van der Waals surface area contributed by atoms with Crippen LogP contribution in [0.1, 0.15) is 29.5 Å². The lowest BCUT2D eigenvalue weighted by atomic mass is 9.91. The second-order valence-corrected chi connectivity index (χ2v) is 4.21. The molecule has 2 nitrogen and oxygen atoms in total. The predicted molar refractivity (Wildman–Crippen MR) is 51.9 cm³/mol. The summed E-state index contributed by atoms with van der Waals surface area (Å²) in [5, 5.41) is 0. The molecule has 14 heavy (non-hydrogen) atoms. The maximum Gasteiger partial charge on any atom is 0.130 e. The van der Waals surface area contributed by atoms with Crippen molar-refractivity contribution in [3.63, 3.8) is 0 Å². The molecule has 1 fully saturated rings. The molecule has 2 heteroatoms. The number of hydrogen-bond donors (Lipinski definition) is 0. The average molecular weight is 188 g/mol. The maximum atomic E-state index is 11.0. The number of aldehydes is 1. The van der Waals surface area contributed by atoms with Crippen LogP contribution in [0.2, 0.25) is 0 Å². The molecule has 0 unspecified atom stereocenters. The molecule has 1 aliphatic heterocycles. The van der Waals surface area contributed by atoms with Crippen LogP contribution in [0.5, 0.6) is 0 Å². The van der Waals surface area contributed by atoms with Gasteiger partial charge in [-0.3, -0.25) is 0 Å². The van der Waals surface area contributed by atoms with Crippen LogP contribution in [0.15, 0.2) is 18.2 Å². The number of rotatable bonds is 2. The van der Waals surface area contributed by atoms with E-state index in [4.69, 9.17) is 4.74 Å². The van der Waals surface area contributed by atoms with Gasteiger partial charge < -0.3 is 9.53 Å². The molecule has 0 amide bonds. The molecule has 0 bridgehead atoms. The fourth-order valence-electron chi connectivity index (χ4n) is 2.26. The Morgan fingerprint density at radius 1 is 1.29 bits per heavy atom. The monoisotopic (exact) mass is 188 g/mol. The zero-order valence-electron chi connectivity index (χ0n) is 7.95. The summed E-state index contributed by atoms with van der Waals surface area (Å²) in [5.74, 6) is 0. The molecule has 0 aromatic heterocycles. The summed E-state index contributed by atoms with van der Waals surface area (Å²) < 4.78 is 5.41. The third kappa shape index (κ3) is 0.976. The van der Waals surface area contributed by atoms with Gasteiger partial charge in [0.2, 0.25) is 0 Å². The van der Waals surface area contributed by atoms with Gasteiger partial charge in [0, 0.05) is 0 Å². The molecule has 72 valence electrons. The summed E-state index contributed by atoms with van der Waals surface area (Å²) in [5.41, 5.74) is 3.58. The van der Waals surface area contributed by atoms with Crippen molar-refractivity contribution in [3.05, 3.63) is 34.9 Å². The fourth-order valence-corrected chi connectivity index (χ4v) is 2.26. The molecule has 0 N–H and O–H groups in total. The highest BCUT2D eigenvalue weighted by atomic mass is 16.5. The normalized spacial score (nSPS) is 21.7. The lowest BCUT2D eigenvalue weighted by Crippen LogP contribution is -2.10. The summed E-state index contributed by atoms with van der Waals surface area (Å²) in [6.07, 6.45) is 3.13. The first-order valence-corrected chi connectivity index (χ1v) is 5.01. The van der Waals surface area contributed by atoms with E-state index in [0.717, 1.165) is 19.1 Å². The number of carbonyl (C=O) groups is 1. The van der Waals surface area contributed by atoms with E-state index >= 15 is 0 Å². The number of ether oxygens (including phenoxy) is 1. The lowest BCUT2D eigenvalue weighted by molar-refractivity contribution is -0.109. The molecule has 1 aromatic carbocycles. The third-order valence-electron chi connectivity index (χ3n) is 3.33. The van der Waals surface area contributed by atoms with Crippen LogP contribution in [0.4, 0.5) is 0 Å². The molecule has 2 aliphatic rings. The largest absolute Gasteiger partial charge is 0.372 e. The Bertz CT molecular complexity index is 391. The molecular formula is C12H12O2. The highest BCUT2D eigenvalue weighted by Crippen LogP contribution is 2.48. The summed E-state index contributed by atoms with van der Waals surface area (Å²) in [6, 6.07) is 6.20. The Labute approximate surface area is 82.9 Å². The highest BCUT2D eigenvalue weighted by molar-refractivity contribution is 5.74. The van der Waals surface area contributed by atoms with Gasteiger partial charge in [-0.25, -0.2) is 0 Å². The number of carbonyl (C=O) groups excluding carboxylic acids is 1. The second-order valence-electron chi connectivity index (χ2n) is 4.21. The van der Waals surface area contributed by atoms with Gasteiger partial charge in [0.15, 0.2) is 0 Å². The molecule has 1 heterocycles. The van der Waals surface area contributed by atoms with Crippen LogP contribution in [-0.4, -0.2) is 6.29 Å². The SMILES string of the molecule is O=CC1(c2cccc3c2COC3)CC1. The van der Waals surface area contributed by atoms with Gasteiger partial charge >= 0.3 is 0 Å². The van der Waals surface area contributed by atoms with Crippen molar-refractivity contribution in [2.45, 2.75) is 31.5 Å². The van der Waals surface area contributed by atoms with Crippen molar-refractivity contribution in [2.24, 2.45) is 0 Å². The summed E-state index contributed by atoms with van der Waals surface area (Å²) in [4.78, 5) is 11.0. The average Bonchev–Trinajstić information content (AvgIpc) is 2.87. The summed E-state index contributed by atoms with van der Waals surface area (Å²) in [6.45, 7) is 1.39. The van der Waals surface area contributed by atoms with Crippen molar-refractivity contribution in [1.82, 2.24) is 0 Å². The van der Waals surface area contributed by atoms with E-state index in [0.29, 0.717) is 13.2 Å². The fraction of sp³-hybridized carbons (Fsp3) is 0.417. The molecule has 1 saturated carbocycles. The first-order valence-electron chi connectivity index (χ1n) is 5.01. The van der Waals surface area contributed by atoms with E-state index in [1.807, 2.05) is 6.07 Å². The first kappa shape index (κ1) is 8.18. The van der Waals surface area contributed by atoms with Crippen LogP contribution in [0.25, 0.3) is 0 Å². The Balaban J connectivity index is 2.15. The Hall–Kier alpha value is -1.15. The highest BCUT2D eigenvalue weighted by Gasteiger charge is 2.46. The number of fused-ring (bicyclic) bond motifs is 1. The molecule has 1 aromatic rings. The molecule has 0 saturated heterocycles. The predicted octanol–water partition coefficient (Wildman–Crippen LogP) is 1.95. The van der Waals surface area contributed by atoms with Gasteiger partial charge in [-0.05, 0) is 29.5 Å². The van der Waals surface area contributed by atoms with Crippen LogP contribution in [0.3, 0.4) is 0 Å². The number of hydrogen-bond acceptors (Lipinski definition) is 2. The van der Waals surface area contributed by atoms with Gasteiger partial charge in [-0.1, -0.05) is 18.2 Å². The zero-order chi connectivity index (χ0) is 9.60. The summed E-state index contributed by atoms with van der Waals surface area (Å²) in [7, 11) is 0. The minimum absolute atomic E-state index is 0.154. The van der Waals surface area contributed by atoms with E-state index < -0.39 is 0 Å². The molecule has 1 aliphatic carbocycles. The molecule has 0 spiro atoms. The van der Waals surface area contributed by atoms with Gasteiger partial charge in [0.1, 0.15) is 6.29 Å². The van der Waals surface area contributed by atoms with Crippen LogP contribution >= 0.6 is 0 Å². The van der Waals surface area contributed by atoms with Crippen LogP contribution in [0, 0.1) is 0 Å². The van der Waals surface area contributed by atoms with Crippen molar-refractivity contribution >= 4 is 6.29 Å². The number of benzene rings is 1. The van der Waals surface area contributed by atoms with E-state index in [2.05, 4.69) is 12.1 Å². The molecule has 0 radical (unpaired) electrons. The van der Waals surface area contributed by atoms with Crippen molar-refractivity contribution in [3.8, 4) is 0 Å². The van der Waals surface area contributed by atoms with Crippen LogP contribution < -0.4 is 0 Å². The van der Waals surface area contributed by atoms with Gasteiger partial charge in [0.05, 0.1) is 18.6 Å². The zero-order valence-corrected chi connectivity index (χ0v) is 7.95. The van der Waals surface area contributed by atoms with E-state index in [-0.39, 0.29) is 5.41 Å². The second kappa shape index (κ2) is 2.67. The topological polar surface area (TPSA) is 26.3 Å². The lowest BCUT2D eigenvalue weighted by Gasteiger charge is -2.11. The summed E-state index contributed by atoms with van der Waals surface area (Å²) >= 11 is 0. The Morgan fingerprint density at radius 3 is 2.86 bits per heavy atom. The minimum atomic E-state index is -0.154. The van der Waals surface area contributed by atoms with Crippen LogP contribution in [-0.2, 0) is 28.2 Å². The van der Waals surface area contributed by atoms with E-state index in [1.165, 1.54) is 16.7 Å². The van der Waals surface area contributed by atoms with Crippen molar-refractivity contribution < 1.29 is 9.53 Å². The Kier molecular flexibility index (Phi) is 1.56. The van der Waals surface area contributed by atoms with Gasteiger partial charge in [-0.2, -0.15) is 0 Å². The first-order chi connectivity index (χ1) is 6.86. The van der Waals surface area contributed by atoms with E-state index in [9.17, 15) is 4.79 Å². The van der Waals surface area contributed by atoms with Gasteiger partial charge in [0.25, 0.3) is 0 Å².